The van der Waals surface area contributed by atoms with E-state index in [1.807, 2.05) is 78.2 Å². The van der Waals surface area contributed by atoms with Crippen molar-refractivity contribution in [3.8, 4) is 33.6 Å². The van der Waals surface area contributed by atoms with Crippen molar-refractivity contribution in [3.63, 3.8) is 0 Å². The van der Waals surface area contributed by atoms with Gasteiger partial charge in [-0.05, 0) is 35.8 Å². The molecule has 10 nitrogen and oxygen atoms in total. The molecule has 2 aliphatic rings. The van der Waals surface area contributed by atoms with Crippen molar-refractivity contribution >= 4 is 11.8 Å². The normalized spacial score (nSPS) is 24.8. The highest BCUT2D eigenvalue weighted by molar-refractivity contribution is 5.87. The minimum absolute atomic E-state index is 0.138. The second kappa shape index (κ2) is 13.9. The van der Waals surface area contributed by atoms with E-state index in [9.17, 15) is 18.4 Å². The summed E-state index contributed by atoms with van der Waals surface area (Å²) in [5.74, 6) is 0.802. The van der Waals surface area contributed by atoms with Crippen molar-refractivity contribution in [2.24, 2.45) is 10.8 Å². The fourth-order valence-electron chi connectivity index (χ4n) is 7.10. The molecule has 2 amide bonds. The minimum Gasteiger partial charge on any atom is -0.346 e. The van der Waals surface area contributed by atoms with Crippen LogP contribution in [0.4, 0.5) is 8.78 Å². The lowest BCUT2D eigenvalue weighted by molar-refractivity contribution is -0.129. The SMILES string of the molecule is CC(C)(C)[C@H](NC(=O)[C@]1(C)CC(F)CN1)c1nc(-c2ccc(-c3ccc(-c4c[nH]c([C@@H](NC(=O)[C@]5(C)C[C@@H](F)CN5)C(C)(C)C)n4)cc3)cc2)c[nH]1. The Morgan fingerprint density at radius 3 is 1.27 bits per heavy atom. The monoisotopic (exact) mass is 714 g/mol. The fraction of sp³-hybridized carbons (Fsp3) is 0.500. The topological polar surface area (TPSA) is 140 Å². The lowest BCUT2D eigenvalue weighted by Crippen LogP contribution is -2.53. The van der Waals surface area contributed by atoms with E-state index >= 15 is 0 Å². The number of aromatic nitrogens is 4. The van der Waals surface area contributed by atoms with Crippen LogP contribution >= 0.6 is 0 Å². The number of aromatic amines is 2. The van der Waals surface area contributed by atoms with Crippen LogP contribution < -0.4 is 21.3 Å². The average molecular weight is 715 g/mol. The molecule has 6 rings (SSSR count). The molecule has 4 aromatic rings. The summed E-state index contributed by atoms with van der Waals surface area (Å²) >= 11 is 0. The predicted molar refractivity (Wildman–Crippen MR) is 200 cm³/mol. The van der Waals surface area contributed by atoms with Gasteiger partial charge in [-0.3, -0.25) is 9.59 Å². The Labute approximate surface area is 304 Å². The maximum absolute atomic E-state index is 13.9. The van der Waals surface area contributed by atoms with Crippen molar-refractivity contribution < 1.29 is 18.4 Å². The molecule has 4 heterocycles. The number of carbonyl (C=O) groups is 2. The molecule has 0 aliphatic carbocycles. The molecule has 278 valence electrons. The van der Waals surface area contributed by atoms with E-state index < -0.39 is 35.5 Å². The van der Waals surface area contributed by atoms with Crippen molar-refractivity contribution in [1.29, 1.82) is 0 Å². The number of hydrogen-bond acceptors (Lipinski definition) is 6. The highest BCUT2D eigenvalue weighted by Gasteiger charge is 2.45. The molecule has 6 N–H and O–H groups in total. The van der Waals surface area contributed by atoms with Gasteiger partial charge >= 0.3 is 0 Å². The van der Waals surface area contributed by atoms with Gasteiger partial charge in [0, 0.05) is 49.5 Å². The van der Waals surface area contributed by atoms with E-state index in [0.29, 0.717) is 11.6 Å². The van der Waals surface area contributed by atoms with Crippen LogP contribution in [0.15, 0.2) is 60.9 Å². The van der Waals surface area contributed by atoms with E-state index in [1.54, 1.807) is 13.8 Å². The second-order valence-electron chi connectivity index (χ2n) is 17.1. The third-order valence-electron chi connectivity index (χ3n) is 10.4. The molecule has 0 radical (unpaired) electrons. The average Bonchev–Trinajstić information content (AvgIpc) is 3.90. The summed E-state index contributed by atoms with van der Waals surface area (Å²) in [7, 11) is 0. The number of alkyl halides is 2. The molecule has 2 fully saturated rings. The smallest absolute Gasteiger partial charge is 0.240 e. The number of nitrogens with zero attached hydrogens (tertiary/aromatic N) is 2. The highest BCUT2D eigenvalue weighted by Crippen LogP contribution is 2.36. The Kier molecular flexibility index (Phi) is 9.95. The summed E-state index contributed by atoms with van der Waals surface area (Å²) in [6.07, 6.45) is 1.87. The minimum atomic E-state index is -1.05. The van der Waals surface area contributed by atoms with E-state index in [0.717, 1.165) is 33.6 Å². The molecule has 12 heteroatoms. The summed E-state index contributed by atoms with van der Waals surface area (Å²) in [5, 5.41) is 12.3. The maximum atomic E-state index is 13.9. The van der Waals surface area contributed by atoms with Gasteiger partial charge in [-0.25, -0.2) is 18.7 Å². The standard InChI is InChI=1S/C40H52F2N8O2/c1-37(2,3)31(49-35(51)39(7)17-27(41)19-45-39)33-43-21-29(47-33)25-13-9-23(10-14-25)24-11-15-26(16-12-24)30-22-44-34(48-30)32(38(4,5)6)50-36(52)40(8)18-28(42)20-46-40/h9-16,21-22,27-28,31-32,45-46H,17-20H2,1-8H3,(H,43,47)(H,44,48)(H,49,51)(H,50,52)/t27-,28?,31-,32-,39+,40+/m1/s1. The van der Waals surface area contributed by atoms with Crippen LogP contribution in [0.1, 0.15) is 92.0 Å². The number of hydrogen-bond donors (Lipinski definition) is 6. The fourth-order valence-corrected chi connectivity index (χ4v) is 7.10. The van der Waals surface area contributed by atoms with Crippen LogP contribution in [0.3, 0.4) is 0 Å². The number of nitrogens with one attached hydrogen (secondary N) is 6. The number of rotatable bonds is 9. The summed E-state index contributed by atoms with van der Waals surface area (Å²) in [6.45, 7) is 16.0. The lowest BCUT2D eigenvalue weighted by atomic mass is 9.85. The maximum Gasteiger partial charge on any atom is 0.240 e. The van der Waals surface area contributed by atoms with Gasteiger partial charge in [0.2, 0.25) is 11.8 Å². The molecule has 2 saturated heterocycles. The molecule has 0 bridgehead atoms. The highest BCUT2D eigenvalue weighted by atomic mass is 19.1. The van der Waals surface area contributed by atoms with Gasteiger partial charge in [0.25, 0.3) is 0 Å². The first kappa shape index (κ1) is 37.3. The van der Waals surface area contributed by atoms with Crippen LogP contribution in [0.25, 0.3) is 33.6 Å². The van der Waals surface area contributed by atoms with Crippen LogP contribution in [-0.2, 0) is 9.59 Å². The van der Waals surface area contributed by atoms with Crippen molar-refractivity contribution in [3.05, 3.63) is 72.6 Å². The molecule has 6 atom stereocenters. The van der Waals surface area contributed by atoms with Gasteiger partial charge in [-0.1, -0.05) is 90.1 Å². The lowest BCUT2D eigenvalue weighted by Gasteiger charge is -2.33. The Hall–Kier alpha value is -4.42. The Morgan fingerprint density at radius 1 is 0.654 bits per heavy atom. The summed E-state index contributed by atoms with van der Waals surface area (Å²) < 4.78 is 27.9. The largest absolute Gasteiger partial charge is 0.346 e. The Balaban J connectivity index is 1.13. The number of benzene rings is 2. The van der Waals surface area contributed by atoms with E-state index in [2.05, 4.69) is 55.5 Å². The summed E-state index contributed by atoms with van der Waals surface area (Å²) in [6, 6.07) is 15.5. The second-order valence-corrected chi connectivity index (χ2v) is 17.1. The van der Waals surface area contributed by atoms with Crippen LogP contribution in [-0.4, -0.2) is 68.3 Å². The number of amides is 2. The summed E-state index contributed by atoms with van der Waals surface area (Å²) in [4.78, 5) is 42.8. The Bertz CT molecular complexity index is 1750. The first-order chi connectivity index (χ1) is 24.3. The van der Waals surface area contributed by atoms with Crippen LogP contribution in [0, 0.1) is 10.8 Å². The number of imidazole rings is 2. The first-order valence-electron chi connectivity index (χ1n) is 18.1. The van der Waals surface area contributed by atoms with Crippen LogP contribution in [0.5, 0.6) is 0 Å². The molecular formula is C40H52F2N8O2. The van der Waals surface area contributed by atoms with E-state index in [-0.39, 0.29) is 48.6 Å². The van der Waals surface area contributed by atoms with Gasteiger partial charge < -0.3 is 31.2 Å². The van der Waals surface area contributed by atoms with Crippen molar-refractivity contribution in [2.75, 3.05) is 13.1 Å². The molecule has 0 spiro atoms. The van der Waals surface area contributed by atoms with Gasteiger partial charge in [0.1, 0.15) is 24.0 Å². The van der Waals surface area contributed by atoms with E-state index in [1.165, 1.54) is 0 Å². The molecular weight excluding hydrogens is 662 g/mol. The number of halogens is 2. The zero-order chi connectivity index (χ0) is 37.6. The number of H-pyrrole nitrogens is 2. The molecule has 2 aromatic heterocycles. The molecule has 2 aromatic carbocycles. The van der Waals surface area contributed by atoms with Gasteiger partial charge in [-0.15, -0.1) is 0 Å². The molecule has 52 heavy (non-hydrogen) atoms. The zero-order valence-corrected chi connectivity index (χ0v) is 31.4. The molecule has 1 unspecified atom stereocenters. The van der Waals surface area contributed by atoms with Crippen molar-refractivity contribution in [1.82, 2.24) is 41.2 Å². The van der Waals surface area contributed by atoms with E-state index in [4.69, 9.17) is 9.97 Å². The van der Waals surface area contributed by atoms with Gasteiger partial charge in [-0.2, -0.15) is 0 Å². The van der Waals surface area contributed by atoms with Crippen LogP contribution in [0.2, 0.25) is 0 Å². The quantitative estimate of drug-likeness (QED) is 0.114. The Morgan fingerprint density at radius 2 is 0.981 bits per heavy atom. The van der Waals surface area contributed by atoms with Gasteiger partial charge in [0.05, 0.1) is 34.5 Å². The third kappa shape index (κ3) is 7.83. The molecule has 0 saturated carbocycles. The first-order valence-corrected chi connectivity index (χ1v) is 18.1. The molecule has 2 aliphatic heterocycles. The van der Waals surface area contributed by atoms with Gasteiger partial charge in [0.15, 0.2) is 0 Å². The number of carbonyl (C=O) groups excluding carboxylic acids is 2. The third-order valence-corrected chi connectivity index (χ3v) is 10.4. The summed E-state index contributed by atoms with van der Waals surface area (Å²) in [5.41, 5.74) is 2.83. The van der Waals surface area contributed by atoms with Crippen molar-refractivity contribution in [2.45, 2.75) is 104 Å². The zero-order valence-electron chi connectivity index (χ0n) is 31.4. The predicted octanol–water partition coefficient (Wildman–Crippen LogP) is 6.72.